The first-order chi connectivity index (χ1) is 32.2. The number of allylic oxidation sites excluding steroid dienone is 9. The van der Waals surface area contributed by atoms with Gasteiger partial charge in [-0.2, -0.15) is 0 Å². The second-order valence-corrected chi connectivity index (χ2v) is 18.9. The molecule has 7 aromatic carbocycles. The van der Waals surface area contributed by atoms with E-state index in [-0.39, 0.29) is 5.41 Å². The summed E-state index contributed by atoms with van der Waals surface area (Å²) in [4.78, 5) is 2.51. The molecule has 0 saturated carbocycles. The molecule has 1 heteroatoms. The van der Waals surface area contributed by atoms with E-state index in [1.54, 1.807) is 0 Å². The van der Waals surface area contributed by atoms with Gasteiger partial charge in [0.1, 0.15) is 0 Å². The molecule has 1 nitrogen and oxygen atoms in total. The second kappa shape index (κ2) is 17.8. The number of nitrogens with zero attached hydrogens (tertiary/aromatic N) is 1. The normalized spacial score (nSPS) is 15.5. The Bertz CT molecular complexity index is 3120. The lowest BCUT2D eigenvalue weighted by Gasteiger charge is -2.30. The van der Waals surface area contributed by atoms with Crippen LogP contribution in [-0.2, 0) is 11.8 Å². The first-order valence-corrected chi connectivity index (χ1v) is 24.2. The first-order valence-electron chi connectivity index (χ1n) is 24.2. The van der Waals surface area contributed by atoms with E-state index in [0.717, 1.165) is 43.5 Å². The van der Waals surface area contributed by atoms with Gasteiger partial charge in [0.15, 0.2) is 0 Å². The summed E-state index contributed by atoms with van der Waals surface area (Å²) in [6.45, 7) is 17.8. The van der Waals surface area contributed by atoms with E-state index < -0.39 is 0 Å². The third-order valence-corrected chi connectivity index (χ3v) is 14.5. The Morgan fingerprint density at radius 1 is 0.652 bits per heavy atom. The van der Waals surface area contributed by atoms with Gasteiger partial charge in [-0.15, -0.1) is 0 Å². The third kappa shape index (κ3) is 7.36. The Morgan fingerprint density at radius 2 is 1.30 bits per heavy atom. The molecule has 1 atom stereocenters. The molecule has 7 aromatic rings. The summed E-state index contributed by atoms with van der Waals surface area (Å²) >= 11 is 0. The Morgan fingerprint density at radius 3 is 1.97 bits per heavy atom. The molecule has 0 bridgehead atoms. The molecule has 0 amide bonds. The predicted octanol–water partition coefficient (Wildman–Crippen LogP) is 18.5. The number of fused-ring (bicyclic) bond motifs is 5. The average Bonchev–Trinajstić information content (AvgIpc) is 3.97. The highest BCUT2D eigenvalue weighted by Crippen LogP contribution is 2.56. The van der Waals surface area contributed by atoms with E-state index in [2.05, 4.69) is 229 Å². The number of unbranched alkanes of at least 4 members (excludes halogenated alkanes) is 1. The van der Waals surface area contributed by atoms with Crippen LogP contribution in [0.15, 0.2) is 194 Å². The molecule has 0 unspecified atom stereocenters. The summed E-state index contributed by atoms with van der Waals surface area (Å²) in [5.41, 5.74) is 27.1. The molecule has 0 radical (unpaired) electrons. The fraction of sp³-hybridized carbons (Fsp3) is 0.200. The zero-order valence-corrected chi connectivity index (χ0v) is 39.6. The zero-order chi connectivity index (χ0) is 45.5. The highest BCUT2D eigenvalue weighted by Gasteiger charge is 2.36. The summed E-state index contributed by atoms with van der Waals surface area (Å²) in [6, 6.07) is 55.5. The van der Waals surface area contributed by atoms with Crippen LogP contribution in [0.1, 0.15) is 105 Å². The van der Waals surface area contributed by atoms with Crippen molar-refractivity contribution in [2.24, 2.45) is 0 Å². The molecule has 3 aliphatic rings. The quantitative estimate of drug-likeness (QED) is 0.112. The zero-order valence-electron chi connectivity index (χ0n) is 39.6. The van der Waals surface area contributed by atoms with Crippen LogP contribution in [0.25, 0.3) is 55.7 Å². The molecule has 0 heterocycles. The van der Waals surface area contributed by atoms with Gasteiger partial charge in [-0.1, -0.05) is 187 Å². The summed E-state index contributed by atoms with van der Waals surface area (Å²) in [5.74, 6) is 0.311. The van der Waals surface area contributed by atoms with Crippen molar-refractivity contribution in [3.05, 3.63) is 233 Å². The summed E-state index contributed by atoms with van der Waals surface area (Å²) < 4.78 is 0. The summed E-state index contributed by atoms with van der Waals surface area (Å²) in [6.07, 6.45) is 18.9. The SMILES string of the molecule is C=CC1=C(/C=C\C)c2cc(-c3ccc(N(c4ccc(-c5ccc6c(c5)C(/C=C\CCC)=CC6)cc4)c4ccc(-c5ccccc5C)c5c4-c4ccccc4[C@@H]5CCC)cc3)ccc2C1(C)C. The summed E-state index contributed by atoms with van der Waals surface area (Å²) in [5, 5.41) is 0. The second-order valence-electron chi connectivity index (χ2n) is 18.9. The Kier molecular flexibility index (Phi) is 11.6. The van der Waals surface area contributed by atoms with Crippen molar-refractivity contribution in [1.82, 2.24) is 0 Å². The fourth-order valence-corrected chi connectivity index (χ4v) is 11.3. The number of rotatable bonds is 13. The number of benzene rings is 7. The van der Waals surface area contributed by atoms with Crippen LogP contribution < -0.4 is 4.90 Å². The van der Waals surface area contributed by atoms with Gasteiger partial charge >= 0.3 is 0 Å². The van der Waals surface area contributed by atoms with Crippen molar-refractivity contribution in [3.63, 3.8) is 0 Å². The van der Waals surface area contributed by atoms with Crippen LogP contribution in [0.3, 0.4) is 0 Å². The minimum atomic E-state index is -0.0970. The van der Waals surface area contributed by atoms with Crippen molar-refractivity contribution >= 4 is 28.2 Å². The molecule has 0 aliphatic heterocycles. The maximum atomic E-state index is 4.23. The number of aryl methyl sites for hydroxylation is 1. The van der Waals surface area contributed by atoms with Crippen molar-refractivity contribution in [3.8, 4) is 44.5 Å². The van der Waals surface area contributed by atoms with E-state index >= 15 is 0 Å². The average molecular weight is 856 g/mol. The van der Waals surface area contributed by atoms with Crippen molar-refractivity contribution < 1.29 is 0 Å². The molecule has 0 saturated heterocycles. The number of anilines is 3. The van der Waals surface area contributed by atoms with Gasteiger partial charge in [0.25, 0.3) is 0 Å². The van der Waals surface area contributed by atoms with Gasteiger partial charge in [-0.25, -0.2) is 0 Å². The Hall–Kier alpha value is -6.96. The van der Waals surface area contributed by atoms with E-state index in [4.69, 9.17) is 0 Å². The molecule has 3 aliphatic carbocycles. The van der Waals surface area contributed by atoms with Crippen LogP contribution in [0, 0.1) is 6.92 Å². The third-order valence-electron chi connectivity index (χ3n) is 14.5. The lowest BCUT2D eigenvalue weighted by Crippen LogP contribution is -2.15. The van der Waals surface area contributed by atoms with Crippen molar-refractivity contribution in [2.45, 2.75) is 85.0 Å². The van der Waals surface area contributed by atoms with Gasteiger partial charge in [0.05, 0.1) is 5.69 Å². The lowest BCUT2D eigenvalue weighted by atomic mass is 9.81. The molecule has 66 heavy (non-hydrogen) atoms. The van der Waals surface area contributed by atoms with E-state index in [0.29, 0.717) is 5.92 Å². The van der Waals surface area contributed by atoms with Crippen molar-refractivity contribution in [1.29, 1.82) is 0 Å². The van der Waals surface area contributed by atoms with Gasteiger partial charge < -0.3 is 4.90 Å². The molecule has 0 spiro atoms. The van der Waals surface area contributed by atoms with Gasteiger partial charge in [-0.05, 0) is 170 Å². The minimum absolute atomic E-state index is 0.0970. The minimum Gasteiger partial charge on any atom is -0.310 e. The molecule has 0 N–H and O–H groups in total. The van der Waals surface area contributed by atoms with Gasteiger partial charge in [0.2, 0.25) is 0 Å². The Balaban J connectivity index is 1.12. The predicted molar refractivity (Wildman–Crippen MR) is 285 cm³/mol. The topological polar surface area (TPSA) is 3.24 Å². The van der Waals surface area contributed by atoms with Crippen LogP contribution in [0.4, 0.5) is 17.1 Å². The van der Waals surface area contributed by atoms with Gasteiger partial charge in [0, 0.05) is 28.3 Å². The maximum absolute atomic E-state index is 4.23. The fourth-order valence-electron chi connectivity index (χ4n) is 11.3. The van der Waals surface area contributed by atoms with E-state index in [9.17, 15) is 0 Å². The first kappa shape index (κ1) is 43.0. The standard InChI is InChI=1S/C65H61N/c1-8-12-13-21-46-25-26-47-27-28-48(41-58(46)47)44-29-34-50(35-30-44)66(51-36-31-45(32-37-51)49-33-39-61-59(42-49)54(18-9-2)60(11-4)65(61,6)7)62-40-38-57(52-22-15-14-20-43(52)5)63-55(19-10-3)53-23-16-17-24-56(53)64(62)63/h9,11,13-18,20-25,27-42,55H,4,8,10,12,19,26H2,1-3,5-7H3/b18-9-,21-13-/t55-/m0/s1. The highest BCUT2D eigenvalue weighted by atomic mass is 15.1. The lowest BCUT2D eigenvalue weighted by molar-refractivity contribution is 0.654. The smallest absolute Gasteiger partial charge is 0.0543 e. The van der Waals surface area contributed by atoms with Crippen LogP contribution >= 0.6 is 0 Å². The van der Waals surface area contributed by atoms with Crippen LogP contribution in [0.2, 0.25) is 0 Å². The Labute approximate surface area is 393 Å². The molecule has 0 aromatic heterocycles. The van der Waals surface area contributed by atoms with E-state index in [1.807, 2.05) is 6.08 Å². The van der Waals surface area contributed by atoms with Crippen LogP contribution in [-0.4, -0.2) is 0 Å². The van der Waals surface area contributed by atoms with Gasteiger partial charge in [-0.3, -0.25) is 0 Å². The molecular formula is C65H61N. The van der Waals surface area contributed by atoms with Crippen LogP contribution in [0.5, 0.6) is 0 Å². The molecule has 0 fully saturated rings. The number of hydrogen-bond acceptors (Lipinski definition) is 1. The number of hydrogen-bond donors (Lipinski definition) is 0. The largest absolute Gasteiger partial charge is 0.310 e. The highest BCUT2D eigenvalue weighted by molar-refractivity contribution is 5.99. The molecule has 10 rings (SSSR count). The van der Waals surface area contributed by atoms with Crippen molar-refractivity contribution in [2.75, 3.05) is 4.90 Å². The molecule has 326 valence electrons. The summed E-state index contributed by atoms with van der Waals surface area (Å²) in [7, 11) is 0. The monoisotopic (exact) mass is 855 g/mol. The maximum Gasteiger partial charge on any atom is 0.0543 e. The molecular weight excluding hydrogens is 795 g/mol. The van der Waals surface area contributed by atoms with E-state index in [1.165, 1.54) is 106 Å².